The molecule has 3 aromatic carbocycles. The van der Waals surface area contributed by atoms with E-state index in [0.717, 1.165) is 9.87 Å². The molecule has 0 aromatic heterocycles. The van der Waals surface area contributed by atoms with Crippen molar-refractivity contribution in [1.82, 2.24) is 10.2 Å². The van der Waals surface area contributed by atoms with Crippen LogP contribution >= 0.6 is 0 Å². The van der Waals surface area contributed by atoms with E-state index in [4.69, 9.17) is 9.47 Å². The maximum Gasteiger partial charge on any atom is 0.264 e. The lowest BCUT2D eigenvalue weighted by molar-refractivity contribution is -0.140. The average Bonchev–Trinajstić information content (AvgIpc) is 2.96. The van der Waals surface area contributed by atoms with Gasteiger partial charge >= 0.3 is 0 Å². The highest BCUT2D eigenvalue weighted by atomic mass is 32.2. The summed E-state index contributed by atoms with van der Waals surface area (Å²) in [6, 6.07) is 15.5. The lowest BCUT2D eigenvalue weighted by Gasteiger charge is -2.33. The molecule has 42 heavy (non-hydrogen) atoms. The quantitative estimate of drug-likeness (QED) is 0.306. The number of nitrogens with zero attached hydrogens (tertiary/aromatic N) is 2. The van der Waals surface area contributed by atoms with Crippen molar-refractivity contribution >= 4 is 27.5 Å². The number of benzene rings is 3. The van der Waals surface area contributed by atoms with Crippen LogP contribution in [0.2, 0.25) is 0 Å². The van der Waals surface area contributed by atoms with Crippen LogP contribution in [0.4, 0.5) is 10.1 Å². The summed E-state index contributed by atoms with van der Waals surface area (Å²) < 4.78 is 53.4. The fourth-order valence-corrected chi connectivity index (χ4v) is 5.86. The molecule has 0 heterocycles. The van der Waals surface area contributed by atoms with Crippen molar-refractivity contribution in [2.75, 3.05) is 25.1 Å². The van der Waals surface area contributed by atoms with E-state index >= 15 is 0 Å². The number of rotatable bonds is 13. The second-order valence-corrected chi connectivity index (χ2v) is 12.0. The summed E-state index contributed by atoms with van der Waals surface area (Å²) in [5.41, 5.74) is 1.76. The Morgan fingerprint density at radius 3 is 2.10 bits per heavy atom. The van der Waals surface area contributed by atoms with Crippen LogP contribution in [0.25, 0.3) is 0 Å². The Labute approximate surface area is 247 Å². The number of methoxy groups -OCH3 is 2. The Balaban J connectivity index is 2.09. The number of ether oxygens (including phenoxy) is 2. The number of carbonyl (C=O) groups excluding carboxylic acids is 2. The molecule has 3 aromatic rings. The number of halogens is 1. The fraction of sp³-hybridized carbons (Fsp3) is 0.355. The summed E-state index contributed by atoms with van der Waals surface area (Å²) >= 11 is 0. The summed E-state index contributed by atoms with van der Waals surface area (Å²) in [6.07, 6.45) is 0.276. The number of amides is 2. The molecule has 0 aliphatic rings. The van der Waals surface area contributed by atoms with E-state index in [1.165, 1.54) is 61.6 Å². The molecular formula is C31H38FN3O6S. The van der Waals surface area contributed by atoms with Crippen molar-refractivity contribution in [3.63, 3.8) is 0 Å². The number of carbonyl (C=O) groups is 2. The predicted octanol–water partition coefficient (Wildman–Crippen LogP) is 4.68. The zero-order valence-corrected chi connectivity index (χ0v) is 25.6. The average molecular weight is 600 g/mol. The number of sulfonamides is 1. The Hall–Kier alpha value is -4.12. The van der Waals surface area contributed by atoms with Gasteiger partial charge in [-0.2, -0.15) is 0 Å². The first-order chi connectivity index (χ1) is 19.9. The van der Waals surface area contributed by atoms with Crippen LogP contribution in [0.3, 0.4) is 0 Å². The van der Waals surface area contributed by atoms with Gasteiger partial charge in [0.2, 0.25) is 11.8 Å². The summed E-state index contributed by atoms with van der Waals surface area (Å²) in [7, 11) is -1.46. The molecule has 0 saturated heterocycles. The van der Waals surface area contributed by atoms with Crippen molar-refractivity contribution in [3.05, 3.63) is 83.7 Å². The molecule has 1 atom stereocenters. The smallest absolute Gasteiger partial charge is 0.264 e. The zero-order chi connectivity index (χ0) is 31.0. The Morgan fingerprint density at radius 1 is 0.929 bits per heavy atom. The minimum Gasteiger partial charge on any atom is -0.493 e. The van der Waals surface area contributed by atoms with Crippen molar-refractivity contribution in [1.29, 1.82) is 0 Å². The third-order valence-electron chi connectivity index (χ3n) is 6.63. The van der Waals surface area contributed by atoms with Gasteiger partial charge in [-0.3, -0.25) is 13.9 Å². The third-order valence-corrected chi connectivity index (χ3v) is 8.40. The molecule has 0 spiro atoms. The monoisotopic (exact) mass is 599 g/mol. The summed E-state index contributed by atoms with van der Waals surface area (Å²) in [4.78, 5) is 28.5. The van der Waals surface area contributed by atoms with Crippen LogP contribution in [0, 0.1) is 12.7 Å². The highest BCUT2D eigenvalue weighted by Gasteiger charge is 2.34. The first-order valence-electron chi connectivity index (χ1n) is 13.6. The molecule has 0 radical (unpaired) electrons. The first kappa shape index (κ1) is 32.4. The van der Waals surface area contributed by atoms with Gasteiger partial charge in [-0.1, -0.05) is 36.8 Å². The Kier molecular flexibility index (Phi) is 10.9. The standard InChI is InChI=1S/C31H38FN3O6S/c1-7-27(31(37)33-21(2)3)34(19-23-10-12-24(32)13-11-23)30(36)20-35(25-14-8-22(4)9-15-25)42(38,39)26-16-17-28(40-5)29(18-26)41-6/h8-18,21,27H,7,19-20H2,1-6H3,(H,33,37)/t27-/m1/s1. The number of anilines is 1. The molecule has 9 nitrogen and oxygen atoms in total. The Bertz CT molecular complexity index is 1480. The van der Waals surface area contributed by atoms with Gasteiger partial charge in [0.1, 0.15) is 18.4 Å². The topological polar surface area (TPSA) is 105 Å². The first-order valence-corrected chi connectivity index (χ1v) is 15.0. The molecule has 0 aliphatic carbocycles. The highest BCUT2D eigenvalue weighted by Crippen LogP contribution is 2.32. The fourth-order valence-electron chi connectivity index (χ4n) is 4.43. The molecule has 0 saturated carbocycles. The molecule has 2 amide bonds. The Morgan fingerprint density at radius 2 is 1.55 bits per heavy atom. The number of nitrogens with one attached hydrogen (secondary N) is 1. The van der Waals surface area contributed by atoms with Crippen molar-refractivity contribution < 1.29 is 31.9 Å². The lowest BCUT2D eigenvalue weighted by Crippen LogP contribution is -2.53. The molecule has 3 rings (SSSR count). The van der Waals surface area contributed by atoms with Gasteiger partial charge in [0.05, 0.1) is 24.8 Å². The second kappa shape index (κ2) is 14.2. The van der Waals surface area contributed by atoms with Gasteiger partial charge in [-0.15, -0.1) is 0 Å². The van der Waals surface area contributed by atoms with Gasteiger partial charge in [0, 0.05) is 18.7 Å². The van der Waals surface area contributed by atoms with Gasteiger partial charge in [0.25, 0.3) is 10.0 Å². The summed E-state index contributed by atoms with van der Waals surface area (Å²) in [6.45, 7) is 6.64. The molecule has 0 fully saturated rings. The minimum atomic E-state index is -4.30. The van der Waals surface area contributed by atoms with Gasteiger partial charge < -0.3 is 19.7 Å². The van der Waals surface area contributed by atoms with Crippen LogP contribution in [-0.4, -0.2) is 58.0 Å². The van der Waals surface area contributed by atoms with Crippen LogP contribution in [0.15, 0.2) is 71.6 Å². The van der Waals surface area contributed by atoms with Crippen molar-refractivity contribution in [2.24, 2.45) is 0 Å². The van der Waals surface area contributed by atoms with Crippen molar-refractivity contribution in [2.45, 2.75) is 57.6 Å². The lowest BCUT2D eigenvalue weighted by atomic mass is 10.1. The minimum absolute atomic E-state index is 0.0265. The summed E-state index contributed by atoms with van der Waals surface area (Å²) in [5.74, 6) is -0.847. The van der Waals surface area contributed by atoms with Crippen LogP contribution in [-0.2, 0) is 26.2 Å². The second-order valence-electron chi connectivity index (χ2n) is 10.1. The molecule has 0 bridgehead atoms. The van der Waals surface area contributed by atoms with Crippen molar-refractivity contribution in [3.8, 4) is 11.5 Å². The van der Waals surface area contributed by atoms with Gasteiger partial charge in [0.15, 0.2) is 11.5 Å². The van der Waals surface area contributed by atoms with E-state index in [-0.39, 0.29) is 41.2 Å². The van der Waals surface area contributed by atoms with E-state index < -0.39 is 34.3 Å². The van der Waals surface area contributed by atoms with E-state index in [1.54, 1.807) is 31.2 Å². The number of hydrogen-bond acceptors (Lipinski definition) is 6. The van der Waals surface area contributed by atoms with Crippen LogP contribution in [0.1, 0.15) is 38.3 Å². The third kappa shape index (κ3) is 7.79. The molecule has 1 N–H and O–H groups in total. The molecule has 11 heteroatoms. The largest absolute Gasteiger partial charge is 0.493 e. The summed E-state index contributed by atoms with van der Waals surface area (Å²) in [5, 5.41) is 2.84. The highest BCUT2D eigenvalue weighted by molar-refractivity contribution is 7.92. The molecule has 0 unspecified atom stereocenters. The normalized spacial score (nSPS) is 12.0. The SMILES string of the molecule is CC[C@H](C(=O)NC(C)C)N(Cc1ccc(F)cc1)C(=O)CN(c1ccc(C)cc1)S(=O)(=O)c1ccc(OC)c(OC)c1. The van der Waals surface area contributed by atoms with E-state index in [1.807, 2.05) is 20.8 Å². The van der Waals surface area contributed by atoms with Crippen LogP contribution < -0.4 is 19.1 Å². The molecular weight excluding hydrogens is 561 g/mol. The van der Waals surface area contributed by atoms with E-state index in [2.05, 4.69) is 5.32 Å². The van der Waals surface area contributed by atoms with E-state index in [0.29, 0.717) is 11.3 Å². The zero-order valence-electron chi connectivity index (χ0n) is 24.8. The number of aryl methyl sites for hydroxylation is 1. The maximum absolute atomic E-state index is 14.1. The number of hydrogen-bond donors (Lipinski definition) is 1. The van der Waals surface area contributed by atoms with E-state index in [9.17, 15) is 22.4 Å². The van der Waals surface area contributed by atoms with Gasteiger partial charge in [-0.05, 0) is 69.2 Å². The molecule has 226 valence electrons. The molecule has 0 aliphatic heterocycles. The van der Waals surface area contributed by atoms with Gasteiger partial charge in [-0.25, -0.2) is 12.8 Å². The maximum atomic E-state index is 14.1. The predicted molar refractivity (Wildman–Crippen MR) is 160 cm³/mol. The van der Waals surface area contributed by atoms with Crippen LogP contribution in [0.5, 0.6) is 11.5 Å².